The average Bonchev–Trinajstić information content (AvgIpc) is 2.29. The number of nitrogens with one attached hydrogen (secondary N) is 2. The molecule has 0 aliphatic carbocycles. The largest absolute Gasteiger partial charge is 0.433 e. The van der Waals surface area contributed by atoms with Crippen LogP contribution in [0.3, 0.4) is 0 Å². The number of halogens is 3. The summed E-state index contributed by atoms with van der Waals surface area (Å²) in [5.74, 6) is 0. The molecule has 88 valence electrons. The summed E-state index contributed by atoms with van der Waals surface area (Å²) >= 11 is 0. The lowest BCUT2D eigenvalue weighted by Crippen LogP contribution is -2.43. The molecule has 1 aliphatic heterocycles. The first-order chi connectivity index (χ1) is 7.59. The Labute approximate surface area is 91.1 Å². The molecule has 1 saturated heterocycles. The van der Waals surface area contributed by atoms with Crippen molar-refractivity contribution in [1.82, 2.24) is 15.6 Å². The van der Waals surface area contributed by atoms with E-state index in [-0.39, 0.29) is 11.6 Å². The van der Waals surface area contributed by atoms with Crippen LogP contribution in [0.4, 0.5) is 13.2 Å². The molecule has 1 atom stereocenters. The highest BCUT2D eigenvalue weighted by molar-refractivity contribution is 5.26. The van der Waals surface area contributed by atoms with Gasteiger partial charge in [0, 0.05) is 37.4 Å². The number of hydrogen-bond acceptors (Lipinski definition) is 3. The Morgan fingerprint density at radius 1 is 1.31 bits per heavy atom. The molecular weight excluding hydrogens is 219 g/mol. The fraction of sp³-hybridized carbons (Fsp3) is 0.500. The maximum absolute atomic E-state index is 12.7. The zero-order chi connectivity index (χ0) is 11.6. The molecule has 1 fully saturated rings. The summed E-state index contributed by atoms with van der Waals surface area (Å²) in [6.07, 6.45) is -3.22. The van der Waals surface area contributed by atoms with Gasteiger partial charge in [-0.3, -0.25) is 4.98 Å². The van der Waals surface area contributed by atoms with Crippen LogP contribution in [0.5, 0.6) is 0 Å². The van der Waals surface area contributed by atoms with Crippen LogP contribution in [0.15, 0.2) is 18.3 Å². The highest BCUT2D eigenvalue weighted by atomic mass is 19.4. The van der Waals surface area contributed by atoms with Gasteiger partial charge in [-0.1, -0.05) is 6.07 Å². The van der Waals surface area contributed by atoms with Gasteiger partial charge in [-0.15, -0.1) is 0 Å². The molecule has 0 saturated carbocycles. The van der Waals surface area contributed by atoms with E-state index in [1.165, 1.54) is 18.3 Å². The topological polar surface area (TPSA) is 37.0 Å². The van der Waals surface area contributed by atoms with Crippen molar-refractivity contribution < 1.29 is 13.2 Å². The average molecular weight is 231 g/mol. The van der Waals surface area contributed by atoms with Crippen molar-refractivity contribution in [1.29, 1.82) is 0 Å². The molecule has 0 radical (unpaired) electrons. The molecule has 2 N–H and O–H groups in total. The third kappa shape index (κ3) is 2.33. The smallest absolute Gasteiger partial charge is 0.314 e. The van der Waals surface area contributed by atoms with Crippen molar-refractivity contribution in [2.24, 2.45) is 0 Å². The molecule has 0 amide bonds. The zero-order valence-electron chi connectivity index (χ0n) is 8.51. The number of aromatic nitrogens is 1. The van der Waals surface area contributed by atoms with Crippen molar-refractivity contribution in [3.8, 4) is 0 Å². The Kier molecular flexibility index (Phi) is 3.11. The highest BCUT2D eigenvalue weighted by Crippen LogP contribution is 2.32. The van der Waals surface area contributed by atoms with E-state index in [9.17, 15) is 13.2 Å². The summed E-state index contributed by atoms with van der Waals surface area (Å²) in [4.78, 5) is 3.43. The maximum atomic E-state index is 12.7. The van der Waals surface area contributed by atoms with Crippen LogP contribution in [-0.2, 0) is 6.18 Å². The van der Waals surface area contributed by atoms with Crippen LogP contribution < -0.4 is 10.6 Å². The van der Waals surface area contributed by atoms with E-state index >= 15 is 0 Å². The molecule has 1 aromatic rings. The molecule has 1 aromatic heterocycles. The van der Waals surface area contributed by atoms with Gasteiger partial charge in [-0.2, -0.15) is 13.2 Å². The first-order valence-corrected chi connectivity index (χ1v) is 5.05. The molecule has 2 rings (SSSR count). The Balaban J connectivity index is 2.32. The van der Waals surface area contributed by atoms with Gasteiger partial charge in [0.15, 0.2) is 0 Å². The standard InChI is InChI=1S/C10H12F3N3/c11-10(12,13)9-7(2-1-3-16-9)8-6-14-4-5-15-8/h1-3,8,14-15H,4-6H2. The summed E-state index contributed by atoms with van der Waals surface area (Å²) in [6.45, 7) is 1.93. The van der Waals surface area contributed by atoms with Gasteiger partial charge in [-0.25, -0.2) is 0 Å². The normalized spacial score (nSPS) is 22.1. The van der Waals surface area contributed by atoms with Gasteiger partial charge in [0.05, 0.1) is 0 Å². The Morgan fingerprint density at radius 2 is 2.12 bits per heavy atom. The lowest BCUT2D eigenvalue weighted by Gasteiger charge is -2.26. The van der Waals surface area contributed by atoms with Crippen LogP contribution >= 0.6 is 0 Å². The van der Waals surface area contributed by atoms with Crippen molar-refractivity contribution >= 4 is 0 Å². The zero-order valence-corrected chi connectivity index (χ0v) is 8.51. The lowest BCUT2D eigenvalue weighted by molar-refractivity contribution is -0.142. The van der Waals surface area contributed by atoms with Gasteiger partial charge in [0.25, 0.3) is 0 Å². The van der Waals surface area contributed by atoms with Gasteiger partial charge in [-0.05, 0) is 6.07 Å². The second kappa shape index (κ2) is 4.39. The molecule has 16 heavy (non-hydrogen) atoms. The monoisotopic (exact) mass is 231 g/mol. The molecule has 1 aliphatic rings. The van der Waals surface area contributed by atoms with E-state index in [0.29, 0.717) is 13.1 Å². The predicted octanol–water partition coefficient (Wildman–Crippen LogP) is 1.33. The van der Waals surface area contributed by atoms with Crippen molar-refractivity contribution in [3.05, 3.63) is 29.6 Å². The van der Waals surface area contributed by atoms with E-state index in [1.807, 2.05) is 0 Å². The van der Waals surface area contributed by atoms with E-state index < -0.39 is 11.9 Å². The molecule has 1 unspecified atom stereocenters. The second-order valence-electron chi connectivity index (χ2n) is 3.65. The fourth-order valence-electron chi connectivity index (χ4n) is 1.81. The van der Waals surface area contributed by atoms with Crippen molar-refractivity contribution in [2.45, 2.75) is 12.2 Å². The molecule has 0 aromatic carbocycles. The predicted molar refractivity (Wildman–Crippen MR) is 52.9 cm³/mol. The number of piperazine rings is 1. The van der Waals surface area contributed by atoms with E-state index in [0.717, 1.165) is 6.54 Å². The fourth-order valence-corrected chi connectivity index (χ4v) is 1.81. The Bertz CT molecular complexity index is 359. The Morgan fingerprint density at radius 3 is 2.75 bits per heavy atom. The molecule has 2 heterocycles. The quantitative estimate of drug-likeness (QED) is 0.765. The van der Waals surface area contributed by atoms with Crippen molar-refractivity contribution in [3.63, 3.8) is 0 Å². The van der Waals surface area contributed by atoms with Gasteiger partial charge >= 0.3 is 6.18 Å². The van der Waals surface area contributed by atoms with Crippen LogP contribution in [0.2, 0.25) is 0 Å². The molecule has 3 nitrogen and oxygen atoms in total. The number of pyridine rings is 1. The minimum atomic E-state index is -4.39. The molecule has 0 spiro atoms. The number of rotatable bonds is 1. The number of nitrogens with zero attached hydrogens (tertiary/aromatic N) is 1. The van der Waals surface area contributed by atoms with Gasteiger partial charge < -0.3 is 10.6 Å². The van der Waals surface area contributed by atoms with E-state index in [2.05, 4.69) is 15.6 Å². The summed E-state index contributed by atoms with van der Waals surface area (Å²) in [6, 6.07) is 2.68. The second-order valence-corrected chi connectivity index (χ2v) is 3.65. The van der Waals surface area contributed by atoms with Crippen LogP contribution in [0.1, 0.15) is 17.3 Å². The van der Waals surface area contributed by atoms with Crippen LogP contribution in [0, 0.1) is 0 Å². The molecule has 0 bridgehead atoms. The molecular formula is C10H12F3N3. The first kappa shape index (κ1) is 11.3. The minimum absolute atomic E-state index is 0.210. The summed E-state index contributed by atoms with van der Waals surface area (Å²) in [7, 11) is 0. The highest BCUT2D eigenvalue weighted by Gasteiger charge is 2.37. The van der Waals surface area contributed by atoms with E-state index in [4.69, 9.17) is 0 Å². The number of alkyl halides is 3. The SMILES string of the molecule is FC(F)(F)c1ncccc1C1CNCCN1. The lowest BCUT2D eigenvalue weighted by atomic mass is 10.0. The first-order valence-electron chi connectivity index (χ1n) is 5.05. The third-order valence-electron chi connectivity index (χ3n) is 2.52. The van der Waals surface area contributed by atoms with Gasteiger partial charge in [0.2, 0.25) is 0 Å². The minimum Gasteiger partial charge on any atom is -0.314 e. The Hall–Kier alpha value is -1.14. The maximum Gasteiger partial charge on any atom is 0.433 e. The van der Waals surface area contributed by atoms with Gasteiger partial charge in [0.1, 0.15) is 5.69 Å². The summed E-state index contributed by atoms with van der Waals surface area (Å²) in [5.41, 5.74) is -0.585. The van der Waals surface area contributed by atoms with Crippen LogP contribution in [-0.4, -0.2) is 24.6 Å². The summed E-state index contributed by atoms with van der Waals surface area (Å²) in [5, 5.41) is 6.10. The van der Waals surface area contributed by atoms with Crippen molar-refractivity contribution in [2.75, 3.05) is 19.6 Å². The third-order valence-corrected chi connectivity index (χ3v) is 2.52. The molecule has 6 heteroatoms. The van der Waals surface area contributed by atoms with Crippen LogP contribution in [0.25, 0.3) is 0 Å². The van der Waals surface area contributed by atoms with E-state index in [1.54, 1.807) is 0 Å². The number of hydrogen-bond donors (Lipinski definition) is 2. The summed E-state index contributed by atoms with van der Waals surface area (Å²) < 4.78 is 38.1.